The van der Waals surface area contributed by atoms with Gasteiger partial charge >= 0.3 is 23.9 Å². The first-order chi connectivity index (χ1) is 18.5. The molecule has 0 radical (unpaired) electrons. The van der Waals surface area contributed by atoms with Crippen LogP contribution in [0, 0.1) is 0 Å². The van der Waals surface area contributed by atoms with Crippen LogP contribution in [0.3, 0.4) is 0 Å². The monoisotopic (exact) mass is 612 g/mol. The van der Waals surface area contributed by atoms with Crippen LogP contribution in [-0.4, -0.2) is 66.7 Å². The zero-order valence-corrected chi connectivity index (χ0v) is 23.3. The molecule has 0 bridgehead atoms. The summed E-state index contributed by atoms with van der Waals surface area (Å²) >= 11 is 2.94. The number of esters is 4. The molecular formula is C26H29BrO12. The molecule has 0 fully saturated rings. The predicted molar refractivity (Wildman–Crippen MR) is 140 cm³/mol. The lowest BCUT2D eigenvalue weighted by Gasteiger charge is -2.10. The molecule has 2 rings (SSSR count). The zero-order chi connectivity index (χ0) is 29.8. The van der Waals surface area contributed by atoms with E-state index < -0.39 is 17.9 Å². The van der Waals surface area contributed by atoms with Crippen LogP contribution in [0.25, 0.3) is 0 Å². The number of halogens is 1. The fraction of sp³-hybridized carbons (Fsp3) is 0.308. The van der Waals surface area contributed by atoms with Crippen LogP contribution in [0.15, 0.2) is 36.4 Å². The van der Waals surface area contributed by atoms with Crippen LogP contribution >= 0.6 is 15.9 Å². The Morgan fingerprint density at radius 3 is 1.72 bits per heavy atom. The third-order valence-electron chi connectivity index (χ3n) is 3.80. The molecule has 0 aliphatic rings. The van der Waals surface area contributed by atoms with Gasteiger partial charge in [0, 0.05) is 25.0 Å². The Morgan fingerprint density at radius 1 is 0.769 bits per heavy atom. The molecule has 12 nitrogen and oxygen atoms in total. The summed E-state index contributed by atoms with van der Waals surface area (Å²) < 4.78 is 23.9. The lowest BCUT2D eigenvalue weighted by atomic mass is 10.2. The van der Waals surface area contributed by atoms with E-state index in [0.29, 0.717) is 35.6 Å². The molecule has 0 unspecified atom stereocenters. The highest BCUT2D eigenvalue weighted by atomic mass is 79.9. The second-order valence-electron chi connectivity index (χ2n) is 6.89. The number of aromatic hydroxyl groups is 1. The van der Waals surface area contributed by atoms with Gasteiger partial charge in [-0.15, -0.1) is 0 Å². The Kier molecular flexibility index (Phi) is 17.6. The van der Waals surface area contributed by atoms with E-state index in [1.165, 1.54) is 50.2 Å². The molecule has 1 N–H and O–H groups in total. The molecule has 13 heteroatoms. The van der Waals surface area contributed by atoms with Gasteiger partial charge in [0.05, 0.1) is 13.2 Å². The highest BCUT2D eigenvalue weighted by Crippen LogP contribution is 2.28. The predicted octanol–water partition coefficient (Wildman–Crippen LogP) is 3.44. The van der Waals surface area contributed by atoms with E-state index in [-0.39, 0.29) is 42.2 Å². The van der Waals surface area contributed by atoms with Crippen molar-refractivity contribution >= 4 is 52.4 Å². The number of benzene rings is 2. The first-order valence-corrected chi connectivity index (χ1v) is 12.4. The summed E-state index contributed by atoms with van der Waals surface area (Å²) in [4.78, 5) is 63.8. The van der Waals surface area contributed by atoms with Crippen molar-refractivity contribution in [2.45, 2.75) is 27.7 Å². The number of ether oxygens (including phenoxy) is 5. The van der Waals surface area contributed by atoms with Crippen molar-refractivity contribution in [3.8, 4) is 23.0 Å². The minimum Gasteiger partial charge on any atom is -0.504 e. The number of hydrogen-bond donors (Lipinski definition) is 1. The molecule has 212 valence electrons. The topological polar surface area (TPSA) is 169 Å². The van der Waals surface area contributed by atoms with Crippen LogP contribution in [0.5, 0.6) is 23.0 Å². The molecule has 0 aromatic heterocycles. The molecule has 0 atom stereocenters. The van der Waals surface area contributed by atoms with E-state index >= 15 is 0 Å². The van der Waals surface area contributed by atoms with Crippen LogP contribution in [-0.2, 0) is 28.7 Å². The number of alkyl halides is 1. The molecule has 0 aliphatic heterocycles. The summed E-state index contributed by atoms with van der Waals surface area (Å²) in [6.07, 6.45) is 1.22. The number of carbonyl (C=O) groups excluding carboxylic acids is 6. The van der Waals surface area contributed by atoms with Gasteiger partial charge in [-0.3, -0.25) is 24.0 Å². The van der Waals surface area contributed by atoms with Gasteiger partial charge < -0.3 is 28.8 Å². The summed E-state index contributed by atoms with van der Waals surface area (Å²) in [7, 11) is 0. The Labute approximate surface area is 233 Å². The summed E-state index contributed by atoms with van der Waals surface area (Å²) in [5, 5.41) is 9.48. The lowest BCUT2D eigenvalue weighted by molar-refractivity contribution is -0.145. The first-order valence-electron chi connectivity index (χ1n) is 11.2. The summed E-state index contributed by atoms with van der Waals surface area (Å²) in [5.74, 6) is -1.73. The molecule has 39 heavy (non-hydrogen) atoms. The highest BCUT2D eigenvalue weighted by molar-refractivity contribution is 9.09. The largest absolute Gasteiger partial charge is 0.504 e. The fourth-order valence-corrected chi connectivity index (χ4v) is 2.49. The van der Waals surface area contributed by atoms with Gasteiger partial charge in [-0.25, -0.2) is 4.79 Å². The van der Waals surface area contributed by atoms with Crippen molar-refractivity contribution in [2.24, 2.45) is 0 Å². The molecule has 2 aromatic rings. The number of hydrogen-bond acceptors (Lipinski definition) is 12. The van der Waals surface area contributed by atoms with Gasteiger partial charge in [-0.05, 0) is 50.2 Å². The molecule has 0 saturated heterocycles. The maximum Gasteiger partial charge on any atom is 0.344 e. The summed E-state index contributed by atoms with van der Waals surface area (Å²) in [6.45, 7) is 6.31. The Morgan fingerprint density at radius 2 is 1.26 bits per heavy atom. The Bertz CT molecular complexity index is 1130. The van der Waals surface area contributed by atoms with E-state index in [4.69, 9.17) is 14.2 Å². The van der Waals surface area contributed by atoms with Crippen LogP contribution in [0.2, 0.25) is 0 Å². The lowest BCUT2D eigenvalue weighted by Crippen LogP contribution is -2.15. The molecule has 0 saturated carbocycles. The molecule has 0 spiro atoms. The molecule has 0 heterocycles. The SMILES string of the molecule is CC(=O)Oc1cc(C=O)ccc1O.CCOC(=O)CBr.CCOC(=O)COc1ccc(C=O)cc1OC(C)=O. The van der Waals surface area contributed by atoms with Crippen LogP contribution in [0.4, 0.5) is 0 Å². The number of phenols is 1. The van der Waals surface area contributed by atoms with Crippen molar-refractivity contribution in [3.05, 3.63) is 47.5 Å². The van der Waals surface area contributed by atoms with Gasteiger partial charge in [0.15, 0.2) is 29.6 Å². The number of phenolic OH excluding ortho intramolecular Hbond substituents is 1. The van der Waals surface area contributed by atoms with Gasteiger partial charge in [0.1, 0.15) is 17.9 Å². The maximum absolute atomic E-state index is 11.2. The molecule has 0 aliphatic carbocycles. The van der Waals surface area contributed by atoms with Crippen molar-refractivity contribution in [1.29, 1.82) is 0 Å². The second-order valence-corrected chi connectivity index (χ2v) is 7.45. The Hall–Kier alpha value is -4.26. The normalized spacial score (nSPS) is 9.26. The fourth-order valence-electron chi connectivity index (χ4n) is 2.33. The third-order valence-corrected chi connectivity index (χ3v) is 4.25. The quantitative estimate of drug-likeness (QED) is 0.180. The smallest absolute Gasteiger partial charge is 0.344 e. The zero-order valence-electron chi connectivity index (χ0n) is 21.8. The minimum atomic E-state index is -0.552. The molecule has 0 amide bonds. The summed E-state index contributed by atoms with van der Waals surface area (Å²) in [5.41, 5.74) is 0.675. The van der Waals surface area contributed by atoms with Gasteiger partial charge in [0.25, 0.3) is 0 Å². The van der Waals surface area contributed by atoms with Gasteiger partial charge in [-0.2, -0.15) is 0 Å². The number of carbonyl (C=O) groups is 6. The minimum absolute atomic E-state index is 0.00269. The first kappa shape index (κ1) is 34.7. The van der Waals surface area contributed by atoms with Crippen LogP contribution < -0.4 is 14.2 Å². The van der Waals surface area contributed by atoms with E-state index in [1.54, 1.807) is 13.8 Å². The number of aldehydes is 2. The van der Waals surface area contributed by atoms with E-state index in [9.17, 15) is 33.9 Å². The molecular weight excluding hydrogens is 584 g/mol. The van der Waals surface area contributed by atoms with E-state index in [0.717, 1.165) is 0 Å². The summed E-state index contributed by atoms with van der Waals surface area (Å²) in [6, 6.07) is 8.30. The maximum atomic E-state index is 11.2. The van der Waals surface area contributed by atoms with Crippen molar-refractivity contribution in [3.63, 3.8) is 0 Å². The van der Waals surface area contributed by atoms with Gasteiger partial charge in [0.2, 0.25) is 0 Å². The second kappa shape index (κ2) is 19.8. The van der Waals surface area contributed by atoms with Gasteiger partial charge in [-0.1, -0.05) is 15.9 Å². The van der Waals surface area contributed by atoms with E-state index in [1.807, 2.05) is 0 Å². The average Bonchev–Trinajstić information content (AvgIpc) is 2.89. The number of rotatable bonds is 10. The van der Waals surface area contributed by atoms with Crippen LogP contribution in [0.1, 0.15) is 48.4 Å². The van der Waals surface area contributed by atoms with Crippen molar-refractivity contribution in [2.75, 3.05) is 25.2 Å². The Balaban J connectivity index is 0.000000622. The molecule has 2 aromatic carbocycles. The third kappa shape index (κ3) is 15.6. The highest BCUT2D eigenvalue weighted by Gasteiger charge is 2.11. The standard InChI is InChI=1S/C13H14O6.C9H8O4.C4H7BrO2/c1-3-17-13(16)8-18-11-5-4-10(7-14)6-12(11)19-9(2)15;1-6(11)13-9-4-7(5-10)2-3-8(9)12;1-2-7-4(6)3-5/h4-7H,3,8H2,1-2H3;2-5,12H,1H3;2-3H2,1H3. The average molecular weight is 613 g/mol. The van der Waals surface area contributed by atoms with E-state index in [2.05, 4.69) is 25.4 Å². The van der Waals surface area contributed by atoms with Crippen molar-refractivity contribution in [1.82, 2.24) is 0 Å². The van der Waals surface area contributed by atoms with Crippen molar-refractivity contribution < 1.29 is 57.6 Å².